The summed E-state index contributed by atoms with van der Waals surface area (Å²) in [7, 11) is 0. The van der Waals surface area contributed by atoms with Crippen molar-refractivity contribution in [2.45, 2.75) is 6.54 Å². The lowest BCUT2D eigenvalue weighted by molar-refractivity contribution is 0.0686. The Hall–Kier alpha value is -3.00. The number of carboxylic acids is 1. The lowest BCUT2D eigenvalue weighted by Gasteiger charge is -2.08. The summed E-state index contributed by atoms with van der Waals surface area (Å²) in [5.74, 6) is 5.37. The molecule has 0 aliphatic rings. The van der Waals surface area contributed by atoms with Crippen LogP contribution in [0, 0.1) is 11.8 Å². The summed E-state index contributed by atoms with van der Waals surface area (Å²) in [6.07, 6.45) is 0. The minimum Gasteiger partial charge on any atom is -0.477 e. The number of carboxylic acid groups (broad SMARTS) is 1. The molecule has 0 atom stereocenters. The Bertz CT molecular complexity index is 1200. The maximum absolute atomic E-state index is 11.7. The van der Waals surface area contributed by atoms with Crippen LogP contribution in [0.1, 0.15) is 26.5 Å². The standard InChI is InChI=1S/C22H14ClNO2S/c23-17-8-4-7-16(11-17)14-24-19-12-18(10-9-15-5-2-1-3-6-15)27-21(19)13-20(24)22(25)26/h1-8,11-13H,14H2,(H,25,26). The summed E-state index contributed by atoms with van der Waals surface area (Å²) in [6, 6.07) is 20.9. The van der Waals surface area contributed by atoms with Gasteiger partial charge in [-0.15, -0.1) is 11.3 Å². The van der Waals surface area contributed by atoms with Crippen LogP contribution in [0.3, 0.4) is 0 Å². The van der Waals surface area contributed by atoms with Crippen LogP contribution in [0.2, 0.25) is 5.02 Å². The van der Waals surface area contributed by atoms with E-state index in [1.807, 2.05) is 54.6 Å². The van der Waals surface area contributed by atoms with E-state index >= 15 is 0 Å². The summed E-state index contributed by atoms with van der Waals surface area (Å²) in [5, 5.41) is 10.2. The molecule has 4 aromatic rings. The quantitative estimate of drug-likeness (QED) is 0.468. The van der Waals surface area contributed by atoms with Crippen molar-refractivity contribution in [1.29, 1.82) is 0 Å². The third kappa shape index (κ3) is 3.75. The van der Waals surface area contributed by atoms with Gasteiger partial charge in [0.2, 0.25) is 0 Å². The smallest absolute Gasteiger partial charge is 0.352 e. The van der Waals surface area contributed by atoms with Gasteiger partial charge in [0.25, 0.3) is 0 Å². The van der Waals surface area contributed by atoms with Gasteiger partial charge < -0.3 is 9.67 Å². The normalized spacial score (nSPS) is 10.6. The summed E-state index contributed by atoms with van der Waals surface area (Å²) < 4.78 is 2.71. The van der Waals surface area contributed by atoms with Crippen LogP contribution in [-0.4, -0.2) is 15.6 Å². The molecule has 2 aromatic carbocycles. The monoisotopic (exact) mass is 391 g/mol. The Morgan fingerprint density at radius 1 is 1.04 bits per heavy atom. The van der Waals surface area contributed by atoms with Crippen molar-refractivity contribution in [1.82, 2.24) is 4.57 Å². The molecular formula is C22H14ClNO2S. The number of hydrogen-bond donors (Lipinski definition) is 1. The van der Waals surface area contributed by atoms with E-state index < -0.39 is 5.97 Å². The third-order valence-corrected chi connectivity index (χ3v) is 5.36. The maximum atomic E-state index is 11.7. The number of aromatic carboxylic acids is 1. The first-order valence-corrected chi connectivity index (χ1v) is 9.47. The number of rotatable bonds is 3. The predicted octanol–water partition coefficient (Wildman–Crippen LogP) is 5.50. The zero-order valence-electron chi connectivity index (χ0n) is 14.1. The van der Waals surface area contributed by atoms with Gasteiger partial charge in [-0.2, -0.15) is 0 Å². The molecule has 3 nitrogen and oxygen atoms in total. The van der Waals surface area contributed by atoms with Crippen LogP contribution < -0.4 is 0 Å². The molecule has 0 bridgehead atoms. The molecule has 1 N–H and O–H groups in total. The van der Waals surface area contributed by atoms with E-state index in [9.17, 15) is 9.90 Å². The van der Waals surface area contributed by atoms with E-state index in [0.29, 0.717) is 11.6 Å². The Morgan fingerprint density at radius 2 is 1.85 bits per heavy atom. The molecule has 27 heavy (non-hydrogen) atoms. The summed E-state index contributed by atoms with van der Waals surface area (Å²) in [6.45, 7) is 0.438. The lowest BCUT2D eigenvalue weighted by atomic mass is 10.2. The van der Waals surface area contributed by atoms with Gasteiger partial charge in [-0.25, -0.2) is 4.79 Å². The Balaban J connectivity index is 1.74. The highest BCUT2D eigenvalue weighted by Gasteiger charge is 2.17. The lowest BCUT2D eigenvalue weighted by Crippen LogP contribution is -2.09. The highest BCUT2D eigenvalue weighted by Crippen LogP contribution is 2.30. The van der Waals surface area contributed by atoms with Crippen molar-refractivity contribution in [2.75, 3.05) is 0 Å². The van der Waals surface area contributed by atoms with E-state index in [1.54, 1.807) is 16.7 Å². The van der Waals surface area contributed by atoms with Crippen molar-refractivity contribution in [3.63, 3.8) is 0 Å². The maximum Gasteiger partial charge on any atom is 0.352 e. The average Bonchev–Trinajstić information content (AvgIpc) is 3.20. The average molecular weight is 392 g/mol. The number of carbonyl (C=O) groups is 1. The number of hydrogen-bond acceptors (Lipinski definition) is 2. The third-order valence-electron chi connectivity index (χ3n) is 4.14. The van der Waals surface area contributed by atoms with Gasteiger partial charge in [0, 0.05) is 17.1 Å². The molecule has 0 saturated heterocycles. The van der Waals surface area contributed by atoms with Crippen LogP contribution in [0.5, 0.6) is 0 Å². The molecule has 0 unspecified atom stereocenters. The summed E-state index contributed by atoms with van der Waals surface area (Å²) in [4.78, 5) is 12.6. The molecule has 0 spiro atoms. The second-order valence-corrected chi connectivity index (χ2v) is 7.55. The fraction of sp³-hybridized carbons (Fsp3) is 0.0455. The van der Waals surface area contributed by atoms with Crippen LogP contribution in [-0.2, 0) is 6.54 Å². The van der Waals surface area contributed by atoms with Crippen molar-refractivity contribution in [2.24, 2.45) is 0 Å². The first-order chi connectivity index (χ1) is 13.1. The Labute approximate surface area is 165 Å². The fourth-order valence-electron chi connectivity index (χ4n) is 2.92. The van der Waals surface area contributed by atoms with Crippen LogP contribution in [0.25, 0.3) is 10.2 Å². The first-order valence-electron chi connectivity index (χ1n) is 8.28. The molecule has 0 saturated carbocycles. The van der Waals surface area contributed by atoms with E-state index in [-0.39, 0.29) is 5.69 Å². The van der Waals surface area contributed by atoms with E-state index in [4.69, 9.17) is 11.6 Å². The highest BCUT2D eigenvalue weighted by molar-refractivity contribution is 7.19. The number of fused-ring (bicyclic) bond motifs is 1. The van der Waals surface area contributed by atoms with Gasteiger partial charge in [0.1, 0.15) is 5.69 Å². The zero-order chi connectivity index (χ0) is 18.8. The van der Waals surface area contributed by atoms with Crippen molar-refractivity contribution in [3.05, 3.63) is 93.5 Å². The minimum atomic E-state index is -0.947. The van der Waals surface area contributed by atoms with Gasteiger partial charge >= 0.3 is 5.97 Å². The number of halogens is 1. The van der Waals surface area contributed by atoms with Gasteiger partial charge in [0.15, 0.2) is 0 Å². The SMILES string of the molecule is O=C(O)c1cc2sc(C#Cc3ccccc3)cc2n1Cc1cccc(Cl)c1. The molecule has 2 aromatic heterocycles. The van der Waals surface area contributed by atoms with E-state index in [0.717, 1.165) is 26.2 Å². The van der Waals surface area contributed by atoms with Crippen molar-refractivity contribution < 1.29 is 9.90 Å². The van der Waals surface area contributed by atoms with Gasteiger partial charge in [0.05, 0.1) is 15.1 Å². The highest BCUT2D eigenvalue weighted by atomic mass is 35.5. The molecule has 132 valence electrons. The number of aromatic nitrogens is 1. The van der Waals surface area contributed by atoms with Crippen LogP contribution in [0.4, 0.5) is 0 Å². The Kier molecular flexibility index (Phi) is 4.72. The fourth-order valence-corrected chi connectivity index (χ4v) is 4.09. The number of nitrogens with zero attached hydrogens (tertiary/aromatic N) is 1. The summed E-state index contributed by atoms with van der Waals surface area (Å²) in [5.41, 5.74) is 3.03. The second kappa shape index (κ2) is 7.32. The van der Waals surface area contributed by atoms with Crippen molar-refractivity contribution in [3.8, 4) is 11.8 Å². The molecule has 4 rings (SSSR count). The van der Waals surface area contributed by atoms with Gasteiger partial charge in [-0.3, -0.25) is 0 Å². The molecule has 2 heterocycles. The zero-order valence-corrected chi connectivity index (χ0v) is 15.7. The van der Waals surface area contributed by atoms with Crippen LogP contribution >= 0.6 is 22.9 Å². The predicted molar refractivity (Wildman–Crippen MR) is 110 cm³/mol. The Morgan fingerprint density at radius 3 is 2.59 bits per heavy atom. The number of benzene rings is 2. The molecule has 0 amide bonds. The van der Waals surface area contributed by atoms with E-state index in [1.165, 1.54) is 11.3 Å². The molecule has 0 fully saturated rings. The van der Waals surface area contributed by atoms with Gasteiger partial charge in [-0.1, -0.05) is 53.8 Å². The van der Waals surface area contributed by atoms with Crippen molar-refractivity contribution >= 4 is 39.1 Å². The van der Waals surface area contributed by atoms with E-state index in [2.05, 4.69) is 11.8 Å². The molecule has 0 radical (unpaired) electrons. The number of thiophene rings is 1. The second-order valence-electron chi connectivity index (χ2n) is 6.03. The molecule has 0 aliphatic carbocycles. The molecule has 5 heteroatoms. The topological polar surface area (TPSA) is 42.2 Å². The molecular weight excluding hydrogens is 378 g/mol. The minimum absolute atomic E-state index is 0.263. The molecule has 0 aliphatic heterocycles. The largest absolute Gasteiger partial charge is 0.477 e. The van der Waals surface area contributed by atoms with Crippen LogP contribution in [0.15, 0.2) is 66.7 Å². The summed E-state index contributed by atoms with van der Waals surface area (Å²) >= 11 is 7.57. The van der Waals surface area contributed by atoms with Gasteiger partial charge in [-0.05, 0) is 42.0 Å². The first kappa shape index (κ1) is 17.4.